The zero-order valence-corrected chi connectivity index (χ0v) is 10.3. The van der Waals surface area contributed by atoms with Crippen molar-refractivity contribution in [3.05, 3.63) is 30.3 Å². The SMILES string of the molecule is O=S(Oc1ccccc1)OC1COS(=O)(=O)C1. The third-order valence-corrected chi connectivity index (χ3v) is 3.98. The van der Waals surface area contributed by atoms with E-state index in [1.165, 1.54) is 0 Å². The highest BCUT2D eigenvalue weighted by Crippen LogP contribution is 2.15. The average molecular weight is 278 g/mol. The van der Waals surface area contributed by atoms with E-state index < -0.39 is 27.6 Å². The van der Waals surface area contributed by atoms with E-state index in [4.69, 9.17) is 8.37 Å². The highest BCUT2D eigenvalue weighted by molar-refractivity contribution is 7.87. The molecule has 0 N–H and O–H groups in total. The van der Waals surface area contributed by atoms with Gasteiger partial charge >= 0.3 is 11.4 Å². The van der Waals surface area contributed by atoms with Gasteiger partial charge in [-0.1, -0.05) is 18.2 Å². The molecule has 0 aliphatic carbocycles. The first-order valence-electron chi connectivity index (χ1n) is 4.74. The second-order valence-corrected chi connectivity index (χ2v) is 5.78. The fourth-order valence-electron chi connectivity index (χ4n) is 1.24. The van der Waals surface area contributed by atoms with Crippen LogP contribution in [0, 0.1) is 0 Å². The predicted molar refractivity (Wildman–Crippen MR) is 59.8 cm³/mol. The lowest BCUT2D eigenvalue weighted by Crippen LogP contribution is -2.20. The van der Waals surface area contributed by atoms with Gasteiger partial charge in [-0.05, 0) is 12.1 Å². The smallest absolute Gasteiger partial charge is 0.360 e. The molecule has 1 aliphatic rings. The van der Waals surface area contributed by atoms with Crippen LogP contribution in [0.4, 0.5) is 0 Å². The zero-order valence-electron chi connectivity index (χ0n) is 8.64. The highest BCUT2D eigenvalue weighted by atomic mass is 32.2. The summed E-state index contributed by atoms with van der Waals surface area (Å²) in [5.74, 6) is 0.0734. The topological polar surface area (TPSA) is 78.9 Å². The molecule has 6 nitrogen and oxygen atoms in total. The summed E-state index contributed by atoms with van der Waals surface area (Å²) in [7, 11) is -3.53. The molecular weight excluding hydrogens is 268 g/mol. The molecule has 8 heteroatoms. The molecule has 0 saturated carbocycles. The number of hydrogen-bond acceptors (Lipinski definition) is 6. The van der Waals surface area contributed by atoms with Gasteiger partial charge in [-0.2, -0.15) is 12.6 Å². The Morgan fingerprint density at radius 3 is 2.59 bits per heavy atom. The first-order chi connectivity index (χ1) is 8.05. The van der Waals surface area contributed by atoms with E-state index in [1.54, 1.807) is 30.3 Å². The molecule has 0 bridgehead atoms. The normalized spacial score (nSPS) is 24.4. The first-order valence-corrected chi connectivity index (χ1v) is 7.32. The van der Waals surface area contributed by atoms with E-state index in [0.717, 1.165) is 0 Å². The summed E-state index contributed by atoms with van der Waals surface area (Å²) in [6.07, 6.45) is -0.760. The van der Waals surface area contributed by atoms with E-state index in [2.05, 4.69) is 4.18 Å². The third kappa shape index (κ3) is 3.77. The molecule has 2 unspecified atom stereocenters. The van der Waals surface area contributed by atoms with Crippen LogP contribution in [0.2, 0.25) is 0 Å². The van der Waals surface area contributed by atoms with Crippen molar-refractivity contribution in [2.75, 3.05) is 12.4 Å². The summed E-state index contributed by atoms with van der Waals surface area (Å²) in [6.45, 7) is -0.133. The quantitative estimate of drug-likeness (QED) is 0.741. The lowest BCUT2D eigenvalue weighted by atomic mass is 10.3. The predicted octanol–water partition coefficient (Wildman–Crippen LogP) is 0.389. The molecule has 0 spiro atoms. The Morgan fingerprint density at radius 1 is 1.29 bits per heavy atom. The lowest BCUT2D eigenvalue weighted by Gasteiger charge is -2.07. The summed E-state index contributed by atoms with van der Waals surface area (Å²) in [6, 6.07) is 8.45. The maximum Gasteiger partial charge on any atom is 0.360 e. The van der Waals surface area contributed by atoms with E-state index in [1.807, 2.05) is 0 Å². The molecule has 94 valence electrons. The molecular formula is C9H10O6S2. The van der Waals surface area contributed by atoms with Crippen LogP contribution in [0.3, 0.4) is 0 Å². The van der Waals surface area contributed by atoms with Crippen molar-refractivity contribution in [2.45, 2.75) is 6.10 Å². The Kier molecular flexibility index (Phi) is 3.77. The Balaban J connectivity index is 1.87. The molecule has 0 aromatic heterocycles. The van der Waals surface area contributed by atoms with Crippen LogP contribution in [0.25, 0.3) is 0 Å². The molecule has 1 saturated heterocycles. The lowest BCUT2D eigenvalue weighted by molar-refractivity contribution is 0.183. The fraction of sp³-hybridized carbons (Fsp3) is 0.333. The Hall–Kier alpha value is -0.960. The monoisotopic (exact) mass is 278 g/mol. The maximum absolute atomic E-state index is 11.4. The van der Waals surface area contributed by atoms with Crippen molar-refractivity contribution in [1.82, 2.24) is 0 Å². The first kappa shape index (κ1) is 12.5. The van der Waals surface area contributed by atoms with Gasteiger partial charge in [0.15, 0.2) is 0 Å². The molecule has 0 amide bonds. The highest BCUT2D eigenvalue weighted by Gasteiger charge is 2.32. The molecule has 1 heterocycles. The summed E-state index contributed by atoms with van der Waals surface area (Å²) < 4.78 is 47.6. The Bertz CT molecular complexity index is 497. The summed E-state index contributed by atoms with van der Waals surface area (Å²) in [5.41, 5.74) is 0. The molecule has 17 heavy (non-hydrogen) atoms. The van der Waals surface area contributed by atoms with E-state index >= 15 is 0 Å². The van der Waals surface area contributed by atoms with Gasteiger partial charge in [-0.3, -0.25) is 8.37 Å². The molecule has 1 aromatic rings. The molecule has 0 radical (unpaired) electrons. The van der Waals surface area contributed by atoms with Gasteiger partial charge in [0.2, 0.25) is 0 Å². The van der Waals surface area contributed by atoms with Gasteiger partial charge in [-0.15, -0.1) is 0 Å². The minimum Gasteiger partial charge on any atom is -0.380 e. The standard InChI is InChI=1S/C9H10O6S2/c10-16(14-8-4-2-1-3-5-8)15-9-6-13-17(11,12)7-9/h1-5,9H,6-7H2. The summed E-state index contributed by atoms with van der Waals surface area (Å²) in [4.78, 5) is 0. The van der Waals surface area contributed by atoms with Crippen molar-refractivity contribution in [3.8, 4) is 5.75 Å². The zero-order chi connectivity index (χ0) is 12.3. The molecule has 1 fully saturated rings. The minimum absolute atomic E-state index is 0.133. The number of hydrogen-bond donors (Lipinski definition) is 0. The van der Waals surface area contributed by atoms with Crippen molar-refractivity contribution in [2.24, 2.45) is 0 Å². The van der Waals surface area contributed by atoms with Crippen LogP contribution in [-0.2, 0) is 29.8 Å². The van der Waals surface area contributed by atoms with Gasteiger partial charge in [0, 0.05) is 0 Å². The van der Waals surface area contributed by atoms with Gasteiger partial charge in [0.1, 0.15) is 17.6 Å². The number of rotatable bonds is 4. The third-order valence-electron chi connectivity index (χ3n) is 1.95. The molecule has 1 aromatic carbocycles. The fourth-order valence-corrected chi connectivity index (χ4v) is 3.06. The molecule has 2 rings (SSSR count). The van der Waals surface area contributed by atoms with Crippen molar-refractivity contribution < 1.29 is 25.2 Å². The second kappa shape index (κ2) is 5.13. The summed E-state index contributed by atoms with van der Waals surface area (Å²) >= 11 is -2.04. The average Bonchev–Trinajstić information content (AvgIpc) is 2.59. The Morgan fingerprint density at radius 2 is 2.00 bits per heavy atom. The van der Waals surface area contributed by atoms with Gasteiger partial charge in [0.25, 0.3) is 10.1 Å². The van der Waals surface area contributed by atoms with Gasteiger partial charge in [0.05, 0.1) is 6.61 Å². The van der Waals surface area contributed by atoms with Gasteiger partial charge < -0.3 is 4.18 Å². The molecule has 2 atom stereocenters. The van der Waals surface area contributed by atoms with E-state index in [-0.39, 0.29) is 12.4 Å². The largest absolute Gasteiger partial charge is 0.380 e. The number of para-hydroxylation sites is 1. The van der Waals surface area contributed by atoms with E-state index in [9.17, 15) is 12.6 Å². The van der Waals surface area contributed by atoms with Crippen LogP contribution in [0.15, 0.2) is 30.3 Å². The van der Waals surface area contributed by atoms with Crippen LogP contribution in [0.1, 0.15) is 0 Å². The maximum atomic E-state index is 11.4. The minimum atomic E-state index is -3.53. The van der Waals surface area contributed by atoms with Crippen molar-refractivity contribution >= 4 is 21.5 Å². The Labute approximate surface area is 101 Å². The van der Waals surface area contributed by atoms with Crippen molar-refractivity contribution in [1.29, 1.82) is 0 Å². The number of benzene rings is 1. The van der Waals surface area contributed by atoms with Crippen LogP contribution in [-0.4, -0.2) is 31.1 Å². The van der Waals surface area contributed by atoms with E-state index in [0.29, 0.717) is 5.75 Å². The van der Waals surface area contributed by atoms with Crippen LogP contribution >= 0.6 is 0 Å². The van der Waals surface area contributed by atoms with Crippen molar-refractivity contribution in [3.63, 3.8) is 0 Å². The summed E-state index contributed by atoms with van der Waals surface area (Å²) in [5, 5.41) is 0. The van der Waals surface area contributed by atoms with Crippen LogP contribution < -0.4 is 4.18 Å². The second-order valence-electron chi connectivity index (χ2n) is 3.33. The van der Waals surface area contributed by atoms with Crippen LogP contribution in [0.5, 0.6) is 5.75 Å². The van der Waals surface area contributed by atoms with Gasteiger partial charge in [-0.25, -0.2) is 0 Å². The molecule has 1 aliphatic heterocycles.